The van der Waals surface area contributed by atoms with Gasteiger partial charge >= 0.3 is 6.36 Å². The lowest BCUT2D eigenvalue weighted by Crippen LogP contribution is -2.32. The zero-order valence-corrected chi connectivity index (χ0v) is 24.5. The van der Waals surface area contributed by atoms with Crippen molar-refractivity contribution in [2.45, 2.75) is 45.2 Å². The highest BCUT2D eigenvalue weighted by atomic mass is 35.5. The summed E-state index contributed by atoms with van der Waals surface area (Å²) in [4.78, 5) is 18.2. The highest BCUT2D eigenvalue weighted by Gasteiger charge is 2.31. The lowest BCUT2D eigenvalue weighted by molar-refractivity contribution is -0.274. The van der Waals surface area contributed by atoms with Crippen LogP contribution in [0, 0.1) is 6.92 Å². The first-order valence-electron chi connectivity index (χ1n) is 13.4. The van der Waals surface area contributed by atoms with Crippen LogP contribution in [0.25, 0.3) is 22.3 Å². The van der Waals surface area contributed by atoms with Crippen molar-refractivity contribution in [1.82, 2.24) is 9.88 Å². The molecule has 2 N–H and O–H groups in total. The van der Waals surface area contributed by atoms with Crippen molar-refractivity contribution in [2.24, 2.45) is 0 Å². The van der Waals surface area contributed by atoms with E-state index in [1.807, 2.05) is 24.3 Å². The molecule has 0 spiro atoms. The molecule has 0 amide bonds. The van der Waals surface area contributed by atoms with Gasteiger partial charge in [0.2, 0.25) is 5.43 Å². The molecule has 0 unspecified atom stereocenters. The molecule has 1 aromatic heterocycles. The molecular weight excluding hydrogens is 588 g/mol. The summed E-state index contributed by atoms with van der Waals surface area (Å²) in [6, 6.07) is 22.2. The van der Waals surface area contributed by atoms with Crippen LogP contribution >= 0.6 is 24.0 Å². The highest BCUT2D eigenvalue weighted by Crippen LogP contribution is 2.32. The van der Waals surface area contributed by atoms with Crippen LogP contribution in [0.4, 0.5) is 13.2 Å². The van der Waals surface area contributed by atoms with E-state index in [1.165, 1.54) is 17.7 Å². The largest absolute Gasteiger partial charge is 0.573 e. The van der Waals surface area contributed by atoms with E-state index in [-0.39, 0.29) is 35.2 Å². The van der Waals surface area contributed by atoms with Crippen molar-refractivity contribution < 1.29 is 23.0 Å². The predicted molar refractivity (Wildman–Crippen MR) is 161 cm³/mol. The molecule has 1 aliphatic rings. The summed E-state index contributed by atoms with van der Waals surface area (Å²) >= 11 is 6.17. The van der Waals surface area contributed by atoms with Gasteiger partial charge in [0.15, 0.2) is 0 Å². The second-order valence-corrected chi connectivity index (χ2v) is 10.7. The van der Waals surface area contributed by atoms with Gasteiger partial charge in [-0.15, -0.1) is 25.6 Å². The van der Waals surface area contributed by atoms with E-state index in [9.17, 15) is 23.1 Å². The number of ether oxygens (including phenoxy) is 1. The van der Waals surface area contributed by atoms with Crippen LogP contribution < -0.4 is 10.2 Å². The van der Waals surface area contributed by atoms with Crippen molar-refractivity contribution in [2.75, 3.05) is 13.1 Å². The third-order valence-electron chi connectivity index (χ3n) is 7.59. The van der Waals surface area contributed by atoms with Crippen molar-refractivity contribution in [3.63, 3.8) is 0 Å². The van der Waals surface area contributed by atoms with Gasteiger partial charge in [0, 0.05) is 12.2 Å². The van der Waals surface area contributed by atoms with E-state index >= 15 is 0 Å². The fourth-order valence-electron chi connectivity index (χ4n) is 5.44. The first kappa shape index (κ1) is 31.6. The zero-order chi connectivity index (χ0) is 29.1. The topological polar surface area (TPSA) is 65.6 Å². The van der Waals surface area contributed by atoms with Gasteiger partial charge in [0.25, 0.3) is 0 Å². The Kier molecular flexibility index (Phi) is 10.0. The van der Waals surface area contributed by atoms with Crippen LogP contribution in [0.1, 0.15) is 41.3 Å². The second-order valence-electron chi connectivity index (χ2n) is 10.3. The summed E-state index contributed by atoms with van der Waals surface area (Å²) in [6.07, 6.45) is -2.80. The lowest BCUT2D eigenvalue weighted by atomic mass is 9.89. The number of hydrogen-bond donors (Lipinski definition) is 2. The number of aliphatic hydroxyl groups excluding tert-OH is 1. The quantitative estimate of drug-likeness (QED) is 0.221. The van der Waals surface area contributed by atoms with Crippen LogP contribution in [0.3, 0.4) is 0 Å². The smallest absolute Gasteiger partial charge is 0.406 e. The Bertz CT molecular complexity index is 1550. The molecule has 3 aromatic carbocycles. The molecule has 0 saturated carbocycles. The third-order valence-corrected chi connectivity index (χ3v) is 8.05. The van der Waals surface area contributed by atoms with Crippen molar-refractivity contribution in [1.29, 1.82) is 0 Å². The Morgan fingerprint density at radius 2 is 1.48 bits per heavy atom. The average molecular weight is 620 g/mol. The number of pyridine rings is 1. The van der Waals surface area contributed by atoms with Gasteiger partial charge in [-0.2, -0.15) is 0 Å². The van der Waals surface area contributed by atoms with E-state index < -0.39 is 6.36 Å². The number of aromatic nitrogens is 1. The number of aliphatic hydroxyl groups is 1. The second kappa shape index (κ2) is 13.3. The SMILES string of the molecule is Cc1[nH]c(CO)c(-c2ccc(-c3ccc(CN4CCC(c5ccc(OC(F)(F)F)cc5)CC4)cc3)cc2)c(=O)c1Cl.Cl. The van der Waals surface area contributed by atoms with E-state index in [0.29, 0.717) is 28.4 Å². The number of benzene rings is 3. The molecule has 5 nitrogen and oxygen atoms in total. The molecule has 0 radical (unpaired) electrons. The molecular formula is C32H31Cl2F3N2O3. The maximum Gasteiger partial charge on any atom is 0.573 e. The number of alkyl halides is 3. The molecule has 1 aliphatic heterocycles. The van der Waals surface area contributed by atoms with Crippen LogP contribution in [0.5, 0.6) is 5.75 Å². The van der Waals surface area contributed by atoms with Crippen molar-refractivity contribution in [3.8, 4) is 28.0 Å². The number of likely N-dealkylation sites (tertiary alicyclic amines) is 1. The van der Waals surface area contributed by atoms with E-state index in [1.54, 1.807) is 19.1 Å². The molecule has 4 aromatic rings. The number of piperidine rings is 1. The van der Waals surface area contributed by atoms with Gasteiger partial charge < -0.3 is 14.8 Å². The van der Waals surface area contributed by atoms with Crippen LogP contribution in [0.15, 0.2) is 77.6 Å². The first-order valence-corrected chi connectivity index (χ1v) is 13.8. The average Bonchev–Trinajstić information content (AvgIpc) is 2.96. The van der Waals surface area contributed by atoms with Crippen molar-refractivity contribution in [3.05, 3.63) is 111 Å². The molecule has 1 fully saturated rings. The number of nitrogens with one attached hydrogen (secondary N) is 1. The minimum atomic E-state index is -4.68. The molecule has 2 heterocycles. The van der Waals surface area contributed by atoms with Gasteiger partial charge in [0.05, 0.1) is 17.9 Å². The van der Waals surface area contributed by atoms with Gasteiger partial charge in [-0.3, -0.25) is 9.69 Å². The van der Waals surface area contributed by atoms with Crippen molar-refractivity contribution >= 4 is 24.0 Å². The number of halogens is 5. The van der Waals surface area contributed by atoms with Crippen LogP contribution in [-0.2, 0) is 13.2 Å². The Balaban J connectivity index is 0.00000405. The Morgan fingerprint density at radius 3 is 2.02 bits per heavy atom. The molecule has 222 valence electrons. The van der Waals surface area contributed by atoms with Crippen LogP contribution in [-0.4, -0.2) is 34.4 Å². The molecule has 0 bridgehead atoms. The number of H-pyrrole nitrogens is 1. The fraction of sp³-hybridized carbons (Fsp3) is 0.281. The fourth-order valence-corrected chi connectivity index (χ4v) is 5.58. The van der Waals surface area contributed by atoms with Gasteiger partial charge in [-0.1, -0.05) is 72.3 Å². The van der Waals surface area contributed by atoms with Gasteiger partial charge in [-0.05, 0) is 78.7 Å². The summed E-state index contributed by atoms with van der Waals surface area (Å²) in [6.45, 7) is 4.05. The third kappa shape index (κ3) is 7.36. The number of aryl methyl sites for hydroxylation is 1. The summed E-state index contributed by atoms with van der Waals surface area (Å²) in [7, 11) is 0. The maximum absolute atomic E-state index is 12.8. The minimum absolute atomic E-state index is 0. The first-order chi connectivity index (χ1) is 19.6. The predicted octanol–water partition coefficient (Wildman–Crippen LogP) is 7.86. The summed E-state index contributed by atoms with van der Waals surface area (Å²) in [5.74, 6) is 0.122. The summed E-state index contributed by atoms with van der Waals surface area (Å²) < 4.78 is 41.2. The summed E-state index contributed by atoms with van der Waals surface area (Å²) in [5, 5.41) is 9.87. The number of rotatable bonds is 7. The number of aromatic amines is 1. The van der Waals surface area contributed by atoms with E-state index in [2.05, 4.69) is 38.9 Å². The molecule has 42 heavy (non-hydrogen) atoms. The number of nitrogens with zero attached hydrogens (tertiary/aromatic N) is 1. The molecule has 1 saturated heterocycles. The van der Waals surface area contributed by atoms with E-state index in [4.69, 9.17) is 11.6 Å². The molecule has 5 rings (SSSR count). The minimum Gasteiger partial charge on any atom is -0.406 e. The summed E-state index contributed by atoms with van der Waals surface area (Å²) in [5.41, 5.74) is 6.02. The van der Waals surface area contributed by atoms with E-state index in [0.717, 1.165) is 49.2 Å². The Labute approximate surface area is 253 Å². The van der Waals surface area contributed by atoms with Crippen LogP contribution in [0.2, 0.25) is 5.02 Å². The molecule has 0 aliphatic carbocycles. The Morgan fingerprint density at radius 1 is 0.929 bits per heavy atom. The number of hydrogen-bond acceptors (Lipinski definition) is 4. The maximum atomic E-state index is 12.8. The lowest BCUT2D eigenvalue weighted by Gasteiger charge is -2.32. The normalized spacial score (nSPS) is 14.4. The van der Waals surface area contributed by atoms with Gasteiger partial charge in [-0.25, -0.2) is 0 Å². The monoisotopic (exact) mass is 618 g/mol. The van der Waals surface area contributed by atoms with Gasteiger partial charge in [0.1, 0.15) is 10.8 Å². The standard InChI is InChI=1S/C32H30ClF3N2O3.ClH/c1-20-30(33)31(40)29(28(19-39)37-20)26-8-6-23(7-9-26)22-4-2-21(3-5-22)18-38-16-14-25(15-17-38)24-10-12-27(13-11-24)41-32(34,35)36;/h2-13,25,39H,14-19H2,1H3,(H,37,40);1H. The highest BCUT2D eigenvalue weighted by molar-refractivity contribution is 6.31. The molecule has 10 heteroatoms. The Hall–Kier alpha value is -3.30. The molecule has 0 atom stereocenters. The zero-order valence-electron chi connectivity index (χ0n) is 22.9.